The zero-order chi connectivity index (χ0) is 25.4. The van der Waals surface area contributed by atoms with E-state index < -0.39 is 9.84 Å². The molecule has 0 N–H and O–H groups in total. The van der Waals surface area contributed by atoms with Crippen LogP contribution >= 0.6 is 0 Å². The van der Waals surface area contributed by atoms with Crippen LogP contribution in [0, 0.1) is 0 Å². The maximum Gasteiger partial charge on any atom is 0.230 e. The van der Waals surface area contributed by atoms with Crippen LogP contribution in [0.5, 0.6) is 0 Å². The standard InChI is InChI=1S/C28H26N4O3S/c1-19-18-31(28-29-16-15-25(30-28)22-7-5-4-6-8-22)27-17-23(11-14-26(27)32(19)20(2)33)21-9-12-24(13-10-21)36(3,34)35/h4-17,19H,18H2,1-3H3/t19-/m0/s1. The Kier molecular flexibility index (Phi) is 6.05. The van der Waals surface area contributed by atoms with Gasteiger partial charge < -0.3 is 9.80 Å². The van der Waals surface area contributed by atoms with Gasteiger partial charge in [0, 0.05) is 31.5 Å². The van der Waals surface area contributed by atoms with E-state index in [0.717, 1.165) is 33.8 Å². The fourth-order valence-corrected chi connectivity index (χ4v) is 5.25. The fourth-order valence-electron chi connectivity index (χ4n) is 4.62. The van der Waals surface area contributed by atoms with Crippen LogP contribution in [-0.4, -0.2) is 43.1 Å². The third kappa shape index (κ3) is 4.47. The highest BCUT2D eigenvalue weighted by Crippen LogP contribution is 2.41. The van der Waals surface area contributed by atoms with E-state index in [0.29, 0.717) is 12.5 Å². The third-order valence-electron chi connectivity index (χ3n) is 6.32. The normalized spacial score (nSPS) is 15.5. The number of nitrogens with zero attached hydrogens (tertiary/aromatic N) is 4. The van der Waals surface area contributed by atoms with Gasteiger partial charge in [-0.15, -0.1) is 0 Å². The summed E-state index contributed by atoms with van der Waals surface area (Å²) in [4.78, 5) is 26.1. The molecule has 0 aliphatic carbocycles. The van der Waals surface area contributed by atoms with E-state index in [1.165, 1.54) is 6.26 Å². The van der Waals surface area contributed by atoms with Crippen molar-refractivity contribution >= 4 is 33.1 Å². The first-order valence-corrected chi connectivity index (χ1v) is 13.5. The van der Waals surface area contributed by atoms with Gasteiger partial charge in [-0.1, -0.05) is 48.5 Å². The Morgan fingerprint density at radius 3 is 2.25 bits per heavy atom. The predicted octanol–water partition coefficient (Wildman–Crippen LogP) is 5.11. The van der Waals surface area contributed by atoms with Crippen LogP contribution in [0.2, 0.25) is 0 Å². The highest BCUT2D eigenvalue weighted by atomic mass is 32.2. The maximum atomic E-state index is 12.6. The van der Waals surface area contributed by atoms with E-state index >= 15 is 0 Å². The first-order valence-electron chi connectivity index (χ1n) is 11.6. The molecule has 2 heterocycles. The summed E-state index contributed by atoms with van der Waals surface area (Å²) in [7, 11) is -3.28. The molecule has 0 saturated carbocycles. The van der Waals surface area contributed by atoms with Gasteiger partial charge in [0.05, 0.1) is 28.0 Å². The van der Waals surface area contributed by atoms with E-state index in [-0.39, 0.29) is 16.8 Å². The minimum atomic E-state index is -3.28. The summed E-state index contributed by atoms with van der Waals surface area (Å²) in [5.41, 5.74) is 5.19. The van der Waals surface area contributed by atoms with Crippen LogP contribution in [0.4, 0.5) is 17.3 Å². The molecule has 7 nitrogen and oxygen atoms in total. The molecular weight excluding hydrogens is 472 g/mol. The molecule has 0 radical (unpaired) electrons. The lowest BCUT2D eigenvalue weighted by atomic mass is 10.0. The van der Waals surface area contributed by atoms with Crippen molar-refractivity contribution in [3.05, 3.63) is 85.1 Å². The second-order valence-electron chi connectivity index (χ2n) is 8.96. The number of carbonyl (C=O) groups excluding carboxylic acids is 1. The first kappa shape index (κ1) is 23.7. The molecule has 3 aromatic carbocycles. The van der Waals surface area contributed by atoms with Crippen LogP contribution in [-0.2, 0) is 14.6 Å². The van der Waals surface area contributed by atoms with E-state index in [9.17, 15) is 13.2 Å². The van der Waals surface area contributed by atoms with Crippen molar-refractivity contribution in [2.24, 2.45) is 0 Å². The van der Waals surface area contributed by atoms with Crippen molar-refractivity contribution in [3.8, 4) is 22.4 Å². The number of fused-ring (bicyclic) bond motifs is 1. The summed E-state index contributed by atoms with van der Waals surface area (Å²) < 4.78 is 23.7. The summed E-state index contributed by atoms with van der Waals surface area (Å²) in [6.45, 7) is 4.11. The Morgan fingerprint density at radius 2 is 1.58 bits per heavy atom. The fraction of sp³-hybridized carbons (Fsp3) is 0.179. The number of hydrogen-bond donors (Lipinski definition) is 0. The molecular formula is C28H26N4O3S. The zero-order valence-corrected chi connectivity index (χ0v) is 21.1. The molecule has 4 aromatic rings. The molecule has 1 aliphatic heterocycles. The molecule has 1 amide bonds. The van der Waals surface area contributed by atoms with Crippen LogP contribution in [0.3, 0.4) is 0 Å². The van der Waals surface area contributed by atoms with E-state index in [1.54, 1.807) is 42.3 Å². The van der Waals surface area contributed by atoms with Crippen molar-refractivity contribution in [2.45, 2.75) is 24.8 Å². The molecule has 0 unspecified atom stereocenters. The second kappa shape index (κ2) is 9.20. The van der Waals surface area contributed by atoms with Crippen molar-refractivity contribution in [3.63, 3.8) is 0 Å². The van der Waals surface area contributed by atoms with Crippen LogP contribution in [0.1, 0.15) is 13.8 Å². The topological polar surface area (TPSA) is 83.5 Å². The molecule has 0 spiro atoms. The van der Waals surface area contributed by atoms with E-state index in [2.05, 4.69) is 4.98 Å². The van der Waals surface area contributed by atoms with Crippen molar-refractivity contribution < 1.29 is 13.2 Å². The lowest BCUT2D eigenvalue weighted by Crippen LogP contribution is -2.48. The summed E-state index contributed by atoms with van der Waals surface area (Å²) in [6.07, 6.45) is 2.94. The van der Waals surface area contributed by atoms with Gasteiger partial charge in [-0.25, -0.2) is 18.4 Å². The van der Waals surface area contributed by atoms with Gasteiger partial charge in [-0.3, -0.25) is 4.79 Å². The lowest BCUT2D eigenvalue weighted by molar-refractivity contribution is -0.117. The number of aromatic nitrogens is 2. The number of amides is 1. The maximum absolute atomic E-state index is 12.6. The molecule has 36 heavy (non-hydrogen) atoms. The van der Waals surface area contributed by atoms with Gasteiger partial charge in [0.1, 0.15) is 0 Å². The average molecular weight is 499 g/mol. The highest BCUT2D eigenvalue weighted by molar-refractivity contribution is 7.90. The van der Waals surface area contributed by atoms with Gasteiger partial charge in [-0.05, 0) is 48.4 Å². The second-order valence-corrected chi connectivity index (χ2v) is 11.0. The Hall–Kier alpha value is -4.04. The summed E-state index contributed by atoms with van der Waals surface area (Å²) in [5, 5.41) is 0. The minimum Gasteiger partial charge on any atom is -0.306 e. The van der Waals surface area contributed by atoms with Gasteiger partial charge in [0.15, 0.2) is 9.84 Å². The quantitative estimate of drug-likeness (QED) is 0.389. The summed E-state index contributed by atoms with van der Waals surface area (Å²) >= 11 is 0. The average Bonchev–Trinajstić information content (AvgIpc) is 2.88. The molecule has 182 valence electrons. The number of sulfone groups is 1. The SMILES string of the molecule is CC(=O)N1c2ccc(-c3ccc(S(C)(=O)=O)cc3)cc2N(c2nccc(-c3ccccc3)n2)C[C@@H]1C. The zero-order valence-electron chi connectivity index (χ0n) is 20.3. The molecule has 0 saturated heterocycles. The molecule has 1 atom stereocenters. The smallest absolute Gasteiger partial charge is 0.230 e. The number of anilines is 3. The van der Waals surface area contributed by atoms with Crippen LogP contribution in [0.15, 0.2) is 90.0 Å². The predicted molar refractivity (Wildman–Crippen MR) is 142 cm³/mol. The molecule has 8 heteroatoms. The Labute approximate surface area is 211 Å². The Bertz CT molecular complexity index is 1540. The number of hydrogen-bond acceptors (Lipinski definition) is 6. The summed E-state index contributed by atoms with van der Waals surface area (Å²) in [6, 6.07) is 24.4. The monoisotopic (exact) mass is 498 g/mol. The van der Waals surface area contributed by atoms with Crippen molar-refractivity contribution in [1.29, 1.82) is 0 Å². The molecule has 0 bridgehead atoms. The summed E-state index contributed by atoms with van der Waals surface area (Å²) in [5.74, 6) is 0.518. The van der Waals surface area contributed by atoms with Crippen molar-refractivity contribution in [1.82, 2.24) is 9.97 Å². The van der Waals surface area contributed by atoms with E-state index in [4.69, 9.17) is 4.98 Å². The highest BCUT2D eigenvalue weighted by Gasteiger charge is 2.32. The number of carbonyl (C=O) groups is 1. The minimum absolute atomic E-state index is 0.0346. The first-order chi connectivity index (χ1) is 17.2. The van der Waals surface area contributed by atoms with Crippen molar-refractivity contribution in [2.75, 3.05) is 22.6 Å². The van der Waals surface area contributed by atoms with E-state index in [1.807, 2.05) is 66.4 Å². The number of rotatable bonds is 4. The number of benzene rings is 3. The Balaban J connectivity index is 1.62. The van der Waals surface area contributed by atoms with Gasteiger partial charge in [0.25, 0.3) is 0 Å². The van der Waals surface area contributed by atoms with Gasteiger partial charge >= 0.3 is 0 Å². The Morgan fingerprint density at radius 1 is 0.889 bits per heavy atom. The molecule has 1 aliphatic rings. The molecule has 5 rings (SSSR count). The van der Waals surface area contributed by atoms with Crippen LogP contribution in [0.25, 0.3) is 22.4 Å². The van der Waals surface area contributed by atoms with Gasteiger partial charge in [0.2, 0.25) is 11.9 Å². The van der Waals surface area contributed by atoms with Gasteiger partial charge in [-0.2, -0.15) is 0 Å². The molecule has 1 aromatic heterocycles. The lowest BCUT2D eigenvalue weighted by Gasteiger charge is -2.41. The van der Waals surface area contributed by atoms with Crippen LogP contribution < -0.4 is 9.80 Å². The third-order valence-corrected chi connectivity index (χ3v) is 7.45. The molecule has 0 fully saturated rings. The largest absolute Gasteiger partial charge is 0.306 e.